The highest BCUT2D eigenvalue weighted by Crippen LogP contribution is 2.20. The number of piperazine rings is 1. The molecule has 0 saturated carbocycles. The van der Waals surface area contributed by atoms with E-state index in [0.29, 0.717) is 6.54 Å². The van der Waals surface area contributed by atoms with Crippen molar-refractivity contribution in [1.29, 1.82) is 0 Å². The Kier molecular flexibility index (Phi) is 3.34. The molecule has 7 nitrogen and oxygen atoms in total. The fourth-order valence-electron chi connectivity index (χ4n) is 1.66. The van der Waals surface area contributed by atoms with Crippen LogP contribution in [0.3, 0.4) is 0 Å². The zero-order valence-corrected chi connectivity index (χ0v) is 10.4. The molecule has 1 saturated heterocycles. The van der Waals surface area contributed by atoms with Gasteiger partial charge in [-0.05, 0) is 6.92 Å². The lowest BCUT2D eigenvalue weighted by Crippen LogP contribution is -2.56. The second-order valence-electron chi connectivity index (χ2n) is 3.79. The van der Waals surface area contributed by atoms with Gasteiger partial charge in [-0.15, -0.1) is 5.10 Å². The molecule has 2 N–H and O–H groups in total. The maximum atomic E-state index is 11.5. The van der Waals surface area contributed by atoms with Gasteiger partial charge in [0.2, 0.25) is 11.8 Å². The van der Waals surface area contributed by atoms with E-state index in [1.807, 2.05) is 0 Å². The molecule has 8 heteroatoms. The topological polar surface area (TPSA) is 87.2 Å². The van der Waals surface area contributed by atoms with E-state index in [-0.39, 0.29) is 24.4 Å². The van der Waals surface area contributed by atoms with Gasteiger partial charge in [-0.1, -0.05) is 4.49 Å². The van der Waals surface area contributed by atoms with E-state index in [1.165, 1.54) is 11.5 Å². The van der Waals surface area contributed by atoms with E-state index in [4.69, 9.17) is 0 Å². The third-order valence-corrected chi connectivity index (χ3v) is 3.46. The predicted molar refractivity (Wildman–Crippen MR) is 62.5 cm³/mol. The molecular formula is C9H13N5O2S. The molecule has 0 radical (unpaired) electrons. The molecule has 1 unspecified atom stereocenters. The third-order valence-electron chi connectivity index (χ3n) is 2.67. The number of anilines is 1. The first kappa shape index (κ1) is 11.9. The molecule has 1 aliphatic rings. The third kappa shape index (κ3) is 2.42. The molecule has 17 heavy (non-hydrogen) atoms. The summed E-state index contributed by atoms with van der Waals surface area (Å²) < 4.78 is 3.84. The van der Waals surface area contributed by atoms with Gasteiger partial charge < -0.3 is 5.32 Å². The number of hydrogen-bond donors (Lipinski definition) is 2. The molecule has 2 rings (SSSR count). The summed E-state index contributed by atoms with van der Waals surface area (Å²) in [5.41, 5.74) is 0.756. The molecule has 1 fully saturated rings. The summed E-state index contributed by atoms with van der Waals surface area (Å²) in [6.45, 7) is 2.40. The van der Waals surface area contributed by atoms with Crippen molar-refractivity contribution in [2.45, 2.75) is 19.5 Å². The quantitative estimate of drug-likeness (QED) is 0.703. The van der Waals surface area contributed by atoms with Gasteiger partial charge in [0.25, 0.3) is 0 Å². The first-order chi connectivity index (χ1) is 8.11. The first-order valence-electron chi connectivity index (χ1n) is 5.18. The smallest absolute Gasteiger partial charge is 0.243 e. The number of nitrogens with one attached hydrogen (secondary N) is 2. The molecule has 92 valence electrons. The van der Waals surface area contributed by atoms with Crippen molar-refractivity contribution in [2.75, 3.05) is 18.9 Å². The minimum Gasteiger partial charge on any atom is -0.377 e. The van der Waals surface area contributed by atoms with Crippen LogP contribution in [0.25, 0.3) is 0 Å². The number of imide groups is 1. The van der Waals surface area contributed by atoms with Gasteiger partial charge in [0.15, 0.2) is 0 Å². The number of carbonyl (C=O) groups excluding carboxylic acids is 2. The lowest BCUT2D eigenvalue weighted by molar-refractivity contribution is -0.139. The maximum Gasteiger partial charge on any atom is 0.243 e. The highest BCUT2D eigenvalue weighted by Gasteiger charge is 2.31. The minimum atomic E-state index is -0.334. The summed E-state index contributed by atoms with van der Waals surface area (Å²) in [5, 5.41) is 10.1. The number of carbonyl (C=O) groups is 2. The van der Waals surface area contributed by atoms with E-state index in [1.54, 1.807) is 18.9 Å². The molecule has 0 aromatic carbocycles. The molecule has 0 spiro atoms. The van der Waals surface area contributed by atoms with Gasteiger partial charge in [0.05, 0.1) is 12.6 Å². The van der Waals surface area contributed by atoms with Gasteiger partial charge in [0.1, 0.15) is 10.7 Å². The molecule has 1 aliphatic heterocycles. The van der Waals surface area contributed by atoms with Crippen molar-refractivity contribution in [3.63, 3.8) is 0 Å². The molecule has 2 heterocycles. The van der Waals surface area contributed by atoms with Crippen molar-refractivity contribution < 1.29 is 9.59 Å². The maximum absolute atomic E-state index is 11.5. The zero-order chi connectivity index (χ0) is 12.4. The summed E-state index contributed by atoms with van der Waals surface area (Å²) in [6, 6.07) is -0.334. The van der Waals surface area contributed by atoms with Crippen LogP contribution in [0.5, 0.6) is 0 Å². The molecule has 1 atom stereocenters. The van der Waals surface area contributed by atoms with Gasteiger partial charge >= 0.3 is 0 Å². The summed E-state index contributed by atoms with van der Waals surface area (Å²) in [4.78, 5) is 24.5. The van der Waals surface area contributed by atoms with Crippen LogP contribution in [0.2, 0.25) is 0 Å². The van der Waals surface area contributed by atoms with Gasteiger partial charge in [-0.2, -0.15) is 0 Å². The summed E-state index contributed by atoms with van der Waals surface area (Å²) in [5.74, 6) is -0.544. The monoisotopic (exact) mass is 255 g/mol. The molecule has 0 aliphatic carbocycles. The Morgan fingerprint density at radius 3 is 3.06 bits per heavy atom. The van der Waals surface area contributed by atoms with E-state index >= 15 is 0 Å². The van der Waals surface area contributed by atoms with Crippen LogP contribution in [-0.2, 0) is 16.1 Å². The Hall–Kier alpha value is -1.54. The fraction of sp³-hybridized carbons (Fsp3) is 0.556. The predicted octanol–water partition coefficient (Wildman–Crippen LogP) is -0.573. The van der Waals surface area contributed by atoms with Gasteiger partial charge in [0, 0.05) is 25.1 Å². The van der Waals surface area contributed by atoms with Crippen molar-refractivity contribution >= 4 is 28.3 Å². The standard InChI is InChI=1S/C9H13N5O2S/c1-5-8(16)11-7(15)4-14(5)3-6-9(10-2)17-13-12-6/h5,10H,3-4H2,1-2H3,(H,11,15,16). The van der Waals surface area contributed by atoms with Crippen LogP contribution in [0.4, 0.5) is 5.00 Å². The fourth-order valence-corrected chi connectivity index (χ4v) is 2.18. The second kappa shape index (κ2) is 4.76. The lowest BCUT2D eigenvalue weighted by Gasteiger charge is -2.30. The number of amides is 2. The minimum absolute atomic E-state index is 0.202. The van der Waals surface area contributed by atoms with Crippen molar-refractivity contribution in [3.05, 3.63) is 5.69 Å². The lowest BCUT2D eigenvalue weighted by atomic mass is 10.2. The van der Waals surface area contributed by atoms with Crippen LogP contribution in [-0.4, -0.2) is 45.9 Å². The Morgan fingerprint density at radius 1 is 1.59 bits per heavy atom. The SMILES string of the molecule is CNc1snnc1CN1CC(=O)NC(=O)C1C. The van der Waals surface area contributed by atoms with Crippen molar-refractivity contribution in [2.24, 2.45) is 0 Å². The summed E-state index contributed by atoms with van der Waals surface area (Å²) in [6.07, 6.45) is 0. The van der Waals surface area contributed by atoms with E-state index < -0.39 is 0 Å². The second-order valence-corrected chi connectivity index (χ2v) is 4.55. The van der Waals surface area contributed by atoms with Crippen LogP contribution in [0.15, 0.2) is 0 Å². The molecular weight excluding hydrogens is 242 g/mol. The van der Waals surface area contributed by atoms with E-state index in [2.05, 4.69) is 20.2 Å². The van der Waals surface area contributed by atoms with Crippen molar-refractivity contribution in [1.82, 2.24) is 19.8 Å². The zero-order valence-electron chi connectivity index (χ0n) is 9.56. The molecule has 2 amide bonds. The molecule has 1 aromatic heterocycles. The Morgan fingerprint density at radius 2 is 2.35 bits per heavy atom. The number of nitrogens with zero attached hydrogens (tertiary/aromatic N) is 3. The first-order valence-corrected chi connectivity index (χ1v) is 5.96. The van der Waals surface area contributed by atoms with Crippen LogP contribution < -0.4 is 10.6 Å². The number of rotatable bonds is 3. The Labute approximate surface area is 102 Å². The van der Waals surface area contributed by atoms with E-state index in [9.17, 15) is 9.59 Å². The van der Waals surface area contributed by atoms with Crippen LogP contribution in [0, 0.1) is 0 Å². The average molecular weight is 255 g/mol. The van der Waals surface area contributed by atoms with Gasteiger partial charge in [-0.25, -0.2) is 0 Å². The summed E-state index contributed by atoms with van der Waals surface area (Å²) >= 11 is 1.26. The average Bonchev–Trinajstić information content (AvgIpc) is 2.72. The molecule has 0 bridgehead atoms. The molecule has 1 aromatic rings. The Balaban J connectivity index is 2.12. The van der Waals surface area contributed by atoms with Crippen LogP contribution >= 0.6 is 11.5 Å². The largest absolute Gasteiger partial charge is 0.377 e. The van der Waals surface area contributed by atoms with Crippen molar-refractivity contribution in [3.8, 4) is 0 Å². The highest BCUT2D eigenvalue weighted by atomic mass is 32.1. The normalized spacial score (nSPS) is 21.4. The Bertz CT molecular complexity index is 446. The van der Waals surface area contributed by atoms with Crippen LogP contribution in [0.1, 0.15) is 12.6 Å². The summed E-state index contributed by atoms with van der Waals surface area (Å²) in [7, 11) is 1.79. The number of hydrogen-bond acceptors (Lipinski definition) is 7. The van der Waals surface area contributed by atoms with Gasteiger partial charge in [-0.3, -0.25) is 19.8 Å². The highest BCUT2D eigenvalue weighted by molar-refractivity contribution is 7.10. The number of aromatic nitrogens is 2. The van der Waals surface area contributed by atoms with E-state index in [0.717, 1.165) is 10.7 Å².